The quantitative estimate of drug-likeness (QED) is 0.609. The van der Waals surface area contributed by atoms with Gasteiger partial charge in [-0.05, 0) is 32.0 Å². The van der Waals surface area contributed by atoms with E-state index in [0.29, 0.717) is 0 Å². The number of piperidine rings is 1. The molecule has 23 heavy (non-hydrogen) atoms. The molecule has 2 aliphatic heterocycles. The van der Waals surface area contributed by atoms with Crippen molar-refractivity contribution < 1.29 is 4.92 Å². The highest BCUT2D eigenvalue weighted by molar-refractivity contribution is 7.13. The summed E-state index contributed by atoms with van der Waals surface area (Å²) in [6.07, 6.45) is 4.04. The fourth-order valence-corrected chi connectivity index (χ4v) is 4.32. The van der Waals surface area contributed by atoms with Gasteiger partial charge >= 0.3 is 5.00 Å². The minimum absolute atomic E-state index is 0.249. The average Bonchev–Trinajstić information content (AvgIpc) is 3.00. The normalized spacial score (nSPS) is 24.8. The first-order valence-electron chi connectivity index (χ1n) is 8.48. The molecule has 1 aromatic rings. The van der Waals surface area contributed by atoms with E-state index in [9.17, 15) is 10.1 Å². The van der Waals surface area contributed by atoms with Gasteiger partial charge in [-0.3, -0.25) is 19.9 Å². The number of nitrogens with zero attached hydrogens (tertiary/aromatic N) is 4. The number of thiophene rings is 1. The maximum absolute atomic E-state index is 10.8. The number of nitro groups is 1. The Labute approximate surface area is 141 Å². The van der Waals surface area contributed by atoms with Gasteiger partial charge in [-0.1, -0.05) is 17.8 Å². The maximum Gasteiger partial charge on any atom is 0.324 e. The molecule has 0 saturated carbocycles. The fraction of sp³-hybridized carbons (Fsp3) is 0.750. The standard InChI is InChI=1S/C16H26N4O2S/c1-17-5-3-2-4-15(17)12-19-8-6-18(7-9-19)11-14-10-16(20(21)22)23-13-14/h10,13,15H,2-9,11-12H2,1H3/t15-/m0/s1. The lowest BCUT2D eigenvalue weighted by Gasteiger charge is -2.40. The van der Waals surface area contributed by atoms with Crippen molar-refractivity contribution in [2.75, 3.05) is 46.3 Å². The third-order valence-corrected chi connectivity index (χ3v) is 6.01. The van der Waals surface area contributed by atoms with Crippen LogP contribution in [-0.4, -0.2) is 72.0 Å². The maximum atomic E-state index is 10.8. The number of hydrogen-bond donors (Lipinski definition) is 0. The van der Waals surface area contributed by atoms with Crippen molar-refractivity contribution >= 4 is 16.3 Å². The molecule has 0 spiro atoms. The summed E-state index contributed by atoms with van der Waals surface area (Å²) in [6.45, 7) is 7.59. The summed E-state index contributed by atoms with van der Waals surface area (Å²) in [6, 6.07) is 2.43. The number of rotatable bonds is 5. The molecule has 0 amide bonds. The van der Waals surface area contributed by atoms with Crippen LogP contribution >= 0.6 is 11.3 Å². The molecule has 1 aromatic heterocycles. The average molecular weight is 338 g/mol. The van der Waals surface area contributed by atoms with Crippen LogP contribution in [0, 0.1) is 10.1 Å². The molecule has 1 atom stereocenters. The van der Waals surface area contributed by atoms with Crippen LogP contribution in [0.25, 0.3) is 0 Å². The van der Waals surface area contributed by atoms with Crippen LogP contribution < -0.4 is 0 Å². The van der Waals surface area contributed by atoms with Gasteiger partial charge in [-0.15, -0.1) is 0 Å². The van der Waals surface area contributed by atoms with E-state index in [4.69, 9.17) is 0 Å². The Morgan fingerprint density at radius 1 is 1.22 bits per heavy atom. The van der Waals surface area contributed by atoms with Crippen molar-refractivity contribution in [1.29, 1.82) is 0 Å². The van der Waals surface area contributed by atoms with E-state index in [-0.39, 0.29) is 9.92 Å². The van der Waals surface area contributed by atoms with Crippen molar-refractivity contribution in [3.63, 3.8) is 0 Å². The Bertz CT molecular complexity index is 528. The highest BCUT2D eigenvalue weighted by Gasteiger charge is 2.24. The molecule has 0 aromatic carbocycles. The number of hydrogen-bond acceptors (Lipinski definition) is 6. The smallest absolute Gasteiger partial charge is 0.302 e. The minimum atomic E-state index is -0.299. The van der Waals surface area contributed by atoms with Crippen LogP contribution in [0.3, 0.4) is 0 Å². The van der Waals surface area contributed by atoms with E-state index in [1.807, 2.05) is 5.38 Å². The second kappa shape index (κ2) is 7.70. The van der Waals surface area contributed by atoms with E-state index in [2.05, 4.69) is 21.7 Å². The van der Waals surface area contributed by atoms with Gasteiger partial charge in [0.2, 0.25) is 0 Å². The van der Waals surface area contributed by atoms with Crippen molar-refractivity contribution in [3.05, 3.63) is 27.1 Å². The van der Waals surface area contributed by atoms with E-state index < -0.39 is 0 Å². The van der Waals surface area contributed by atoms with E-state index in [1.54, 1.807) is 6.07 Å². The Morgan fingerprint density at radius 2 is 1.96 bits per heavy atom. The first kappa shape index (κ1) is 16.8. The molecule has 0 aliphatic carbocycles. The molecule has 2 fully saturated rings. The summed E-state index contributed by atoms with van der Waals surface area (Å²) >= 11 is 1.23. The van der Waals surface area contributed by atoms with Crippen molar-refractivity contribution in [3.8, 4) is 0 Å². The van der Waals surface area contributed by atoms with E-state index in [0.717, 1.165) is 44.3 Å². The second-order valence-electron chi connectivity index (χ2n) is 6.76. The zero-order valence-corrected chi connectivity index (χ0v) is 14.6. The molecule has 3 rings (SSSR count). The molecule has 3 heterocycles. The first-order valence-corrected chi connectivity index (χ1v) is 9.36. The van der Waals surface area contributed by atoms with Crippen LogP contribution in [0.15, 0.2) is 11.4 Å². The highest BCUT2D eigenvalue weighted by atomic mass is 32.1. The van der Waals surface area contributed by atoms with Crippen LogP contribution in [0.1, 0.15) is 24.8 Å². The van der Waals surface area contributed by atoms with Gasteiger partial charge in [0.25, 0.3) is 0 Å². The summed E-state index contributed by atoms with van der Waals surface area (Å²) in [5.41, 5.74) is 1.07. The molecule has 0 N–H and O–H groups in total. The predicted molar refractivity (Wildman–Crippen MR) is 93.0 cm³/mol. The summed E-state index contributed by atoms with van der Waals surface area (Å²) < 4.78 is 0. The van der Waals surface area contributed by atoms with Gasteiger partial charge < -0.3 is 4.90 Å². The second-order valence-corrected chi connectivity index (χ2v) is 7.65. The fourth-order valence-electron chi connectivity index (χ4n) is 3.60. The molecule has 6 nitrogen and oxygen atoms in total. The van der Waals surface area contributed by atoms with Crippen molar-refractivity contribution in [1.82, 2.24) is 14.7 Å². The summed E-state index contributed by atoms with van der Waals surface area (Å²) in [5.74, 6) is 0. The van der Waals surface area contributed by atoms with Crippen LogP contribution in [-0.2, 0) is 6.54 Å². The monoisotopic (exact) mass is 338 g/mol. The number of likely N-dealkylation sites (tertiary alicyclic amines) is 1. The van der Waals surface area contributed by atoms with Crippen molar-refractivity contribution in [2.24, 2.45) is 0 Å². The number of likely N-dealkylation sites (N-methyl/N-ethyl adjacent to an activating group) is 1. The summed E-state index contributed by atoms with van der Waals surface area (Å²) in [5, 5.41) is 12.9. The molecule has 0 radical (unpaired) electrons. The van der Waals surface area contributed by atoms with E-state index in [1.165, 1.54) is 43.7 Å². The van der Waals surface area contributed by atoms with Crippen molar-refractivity contribution in [2.45, 2.75) is 31.8 Å². The molecule has 2 saturated heterocycles. The zero-order chi connectivity index (χ0) is 16.2. The molecule has 0 unspecified atom stereocenters. The number of piperazine rings is 1. The van der Waals surface area contributed by atoms with Crippen LogP contribution in [0.2, 0.25) is 0 Å². The lowest BCUT2D eigenvalue weighted by atomic mass is 10.0. The summed E-state index contributed by atoms with van der Waals surface area (Å²) in [4.78, 5) is 18.0. The first-order chi connectivity index (χ1) is 11.1. The Balaban J connectivity index is 1.43. The molecule has 2 aliphatic rings. The SMILES string of the molecule is CN1CCCC[C@H]1CN1CCN(Cc2csc([N+](=O)[O-])c2)CC1. The van der Waals surface area contributed by atoms with Gasteiger partial charge in [-0.2, -0.15) is 0 Å². The van der Waals surface area contributed by atoms with Gasteiger partial charge in [0.1, 0.15) is 0 Å². The van der Waals surface area contributed by atoms with Gasteiger partial charge in [-0.25, -0.2) is 0 Å². The Hall–Kier alpha value is -1.02. The van der Waals surface area contributed by atoms with Gasteiger partial charge in [0, 0.05) is 56.8 Å². The van der Waals surface area contributed by atoms with Crippen LogP contribution in [0.4, 0.5) is 5.00 Å². The molecule has 0 bridgehead atoms. The van der Waals surface area contributed by atoms with Gasteiger partial charge in [0.05, 0.1) is 4.92 Å². The lowest BCUT2D eigenvalue weighted by Crippen LogP contribution is -2.51. The molecular weight excluding hydrogens is 312 g/mol. The Morgan fingerprint density at radius 3 is 2.61 bits per heavy atom. The van der Waals surface area contributed by atoms with Crippen LogP contribution in [0.5, 0.6) is 0 Å². The minimum Gasteiger partial charge on any atom is -0.302 e. The molecular formula is C16H26N4O2S. The zero-order valence-electron chi connectivity index (χ0n) is 13.8. The topological polar surface area (TPSA) is 52.9 Å². The molecule has 7 heteroatoms. The van der Waals surface area contributed by atoms with E-state index >= 15 is 0 Å². The largest absolute Gasteiger partial charge is 0.324 e. The highest BCUT2D eigenvalue weighted by Crippen LogP contribution is 2.24. The predicted octanol–water partition coefficient (Wildman–Crippen LogP) is 2.26. The summed E-state index contributed by atoms with van der Waals surface area (Å²) in [7, 11) is 2.25. The third-order valence-electron chi connectivity index (χ3n) is 5.08. The Kier molecular flexibility index (Phi) is 5.63. The molecule has 128 valence electrons. The lowest BCUT2D eigenvalue weighted by molar-refractivity contribution is -0.380. The van der Waals surface area contributed by atoms with Gasteiger partial charge in [0.15, 0.2) is 0 Å². The third kappa shape index (κ3) is 4.50.